The van der Waals surface area contributed by atoms with Gasteiger partial charge in [0, 0.05) is 45.2 Å². The number of fused-ring (bicyclic) bond motifs is 1. The van der Waals surface area contributed by atoms with Crippen LogP contribution in [0.3, 0.4) is 0 Å². The number of carbonyl (C=O) groups excluding carboxylic acids is 1. The molecule has 3 atom stereocenters. The maximum atomic E-state index is 12.7. The number of anilines is 1. The molecule has 2 unspecified atom stereocenters. The summed E-state index contributed by atoms with van der Waals surface area (Å²) in [5, 5.41) is 7.24. The molecular weight excluding hydrogens is 382 g/mol. The molecule has 2 saturated heterocycles. The van der Waals surface area contributed by atoms with Crippen molar-refractivity contribution in [3.8, 4) is 0 Å². The highest BCUT2D eigenvalue weighted by Gasteiger charge is 2.48. The average molecular weight is 420 g/mol. The first-order valence-corrected chi connectivity index (χ1v) is 11.3. The van der Waals surface area contributed by atoms with Gasteiger partial charge >= 0.3 is 0 Å². The van der Waals surface area contributed by atoms with E-state index in [-0.39, 0.29) is 11.3 Å². The van der Waals surface area contributed by atoms with Crippen LogP contribution in [-0.2, 0) is 21.3 Å². The molecule has 1 N–H and O–H groups in total. The molecule has 1 saturated carbocycles. The Labute approximate surface area is 179 Å². The summed E-state index contributed by atoms with van der Waals surface area (Å²) in [4.78, 5) is 17.6. The molecule has 8 heteroatoms. The Bertz CT molecular complexity index is 732. The minimum absolute atomic E-state index is 0.0409. The van der Waals surface area contributed by atoms with Crippen molar-refractivity contribution in [2.24, 2.45) is 18.4 Å². The normalized spacial score (nSPS) is 30.8. The van der Waals surface area contributed by atoms with Crippen LogP contribution < -0.4 is 5.32 Å². The SMILES string of the molecule is COC[C@@]12CCC(N3CCOCC3)CC1CCN(CC(=O)Nc1cnn(C)c1C)C2. The zero-order chi connectivity index (χ0) is 21.1. The number of aryl methyl sites for hydroxylation is 1. The van der Waals surface area contributed by atoms with Crippen LogP contribution in [0.5, 0.6) is 0 Å². The van der Waals surface area contributed by atoms with Crippen molar-refractivity contribution in [1.29, 1.82) is 0 Å². The predicted octanol–water partition coefficient (Wildman–Crippen LogP) is 1.51. The molecule has 8 nitrogen and oxygen atoms in total. The molecular formula is C22H37N5O3. The minimum Gasteiger partial charge on any atom is -0.384 e. The fourth-order valence-corrected chi connectivity index (χ4v) is 5.80. The van der Waals surface area contributed by atoms with Gasteiger partial charge in [0.15, 0.2) is 0 Å². The lowest BCUT2D eigenvalue weighted by Crippen LogP contribution is -2.57. The van der Waals surface area contributed by atoms with E-state index in [1.165, 1.54) is 19.3 Å². The minimum atomic E-state index is 0.0409. The fourth-order valence-electron chi connectivity index (χ4n) is 5.80. The first-order chi connectivity index (χ1) is 14.5. The highest BCUT2D eigenvalue weighted by atomic mass is 16.5. The second-order valence-corrected chi connectivity index (χ2v) is 9.38. The van der Waals surface area contributed by atoms with Gasteiger partial charge in [-0.25, -0.2) is 0 Å². The van der Waals surface area contributed by atoms with Gasteiger partial charge in [0.2, 0.25) is 5.91 Å². The standard InChI is InChI=1S/C22H37N5O3/c1-17-20(13-23-25(17)2)24-21(28)14-26-7-5-18-12-19(27-8-10-30-11-9-27)4-6-22(18,15-26)16-29-3/h13,18-19H,4-12,14-16H2,1-3H3,(H,24,28)/t18?,19?,22-/m0/s1. The number of nitrogens with one attached hydrogen (secondary N) is 1. The van der Waals surface area contributed by atoms with Gasteiger partial charge in [0.05, 0.1) is 43.9 Å². The van der Waals surface area contributed by atoms with E-state index in [0.29, 0.717) is 18.5 Å². The number of morpholine rings is 1. The third-order valence-electron chi connectivity index (χ3n) is 7.60. The number of hydrogen-bond acceptors (Lipinski definition) is 6. The molecule has 2 aliphatic heterocycles. The number of hydrogen-bond donors (Lipinski definition) is 1. The molecule has 30 heavy (non-hydrogen) atoms. The van der Waals surface area contributed by atoms with Gasteiger partial charge in [0.25, 0.3) is 0 Å². The highest BCUT2D eigenvalue weighted by molar-refractivity contribution is 5.92. The van der Waals surface area contributed by atoms with E-state index in [9.17, 15) is 4.79 Å². The zero-order valence-electron chi connectivity index (χ0n) is 18.7. The molecule has 3 aliphatic rings. The third-order valence-corrected chi connectivity index (χ3v) is 7.60. The molecule has 1 aromatic heterocycles. The largest absolute Gasteiger partial charge is 0.384 e. The summed E-state index contributed by atoms with van der Waals surface area (Å²) in [5.74, 6) is 0.707. The smallest absolute Gasteiger partial charge is 0.238 e. The van der Waals surface area contributed by atoms with E-state index in [1.54, 1.807) is 10.9 Å². The van der Waals surface area contributed by atoms with Gasteiger partial charge in [-0.3, -0.25) is 19.3 Å². The van der Waals surface area contributed by atoms with E-state index in [1.807, 2.05) is 21.1 Å². The topological polar surface area (TPSA) is 71.9 Å². The summed E-state index contributed by atoms with van der Waals surface area (Å²) < 4.78 is 13.0. The summed E-state index contributed by atoms with van der Waals surface area (Å²) >= 11 is 0. The van der Waals surface area contributed by atoms with Crippen molar-refractivity contribution in [2.75, 3.05) is 65.0 Å². The molecule has 0 aromatic carbocycles. The summed E-state index contributed by atoms with van der Waals surface area (Å²) in [7, 11) is 3.70. The van der Waals surface area contributed by atoms with Crippen LogP contribution in [-0.4, -0.2) is 91.2 Å². The number of carbonyl (C=O) groups is 1. The Hall–Kier alpha value is -1.48. The maximum Gasteiger partial charge on any atom is 0.238 e. The zero-order valence-corrected chi connectivity index (χ0v) is 18.7. The van der Waals surface area contributed by atoms with Crippen LogP contribution in [0.2, 0.25) is 0 Å². The molecule has 1 amide bonds. The van der Waals surface area contributed by atoms with Crippen LogP contribution >= 0.6 is 0 Å². The van der Waals surface area contributed by atoms with Crippen LogP contribution in [0.4, 0.5) is 5.69 Å². The predicted molar refractivity (Wildman–Crippen MR) is 115 cm³/mol. The van der Waals surface area contributed by atoms with Gasteiger partial charge < -0.3 is 14.8 Å². The number of aromatic nitrogens is 2. The van der Waals surface area contributed by atoms with Crippen LogP contribution in [0, 0.1) is 18.3 Å². The lowest BCUT2D eigenvalue weighted by Gasteiger charge is -2.54. The molecule has 3 heterocycles. The van der Waals surface area contributed by atoms with E-state index in [2.05, 4.69) is 20.2 Å². The first-order valence-electron chi connectivity index (χ1n) is 11.3. The molecule has 0 spiro atoms. The molecule has 4 rings (SSSR count). The van der Waals surface area contributed by atoms with Gasteiger partial charge in [-0.15, -0.1) is 0 Å². The number of nitrogens with zero attached hydrogens (tertiary/aromatic N) is 4. The number of methoxy groups -OCH3 is 1. The van der Waals surface area contributed by atoms with Gasteiger partial charge in [-0.2, -0.15) is 5.10 Å². The summed E-state index contributed by atoms with van der Waals surface area (Å²) in [6.07, 6.45) is 6.50. The molecule has 1 aliphatic carbocycles. The van der Waals surface area contributed by atoms with Crippen molar-refractivity contribution in [2.45, 2.75) is 38.6 Å². The summed E-state index contributed by atoms with van der Waals surface area (Å²) in [6, 6.07) is 0.673. The number of rotatable bonds is 6. The van der Waals surface area contributed by atoms with Crippen LogP contribution in [0.15, 0.2) is 6.20 Å². The van der Waals surface area contributed by atoms with E-state index in [0.717, 1.165) is 63.8 Å². The van der Waals surface area contributed by atoms with Crippen molar-refractivity contribution >= 4 is 11.6 Å². The number of piperidine rings is 1. The third kappa shape index (κ3) is 4.56. The number of likely N-dealkylation sites (tertiary alicyclic amines) is 1. The fraction of sp³-hybridized carbons (Fsp3) is 0.818. The molecule has 0 bridgehead atoms. The quantitative estimate of drug-likeness (QED) is 0.754. The van der Waals surface area contributed by atoms with Gasteiger partial charge in [0.1, 0.15) is 0 Å². The van der Waals surface area contributed by atoms with Crippen molar-refractivity contribution < 1.29 is 14.3 Å². The number of ether oxygens (including phenoxy) is 2. The molecule has 168 valence electrons. The monoisotopic (exact) mass is 419 g/mol. The Kier molecular flexibility index (Phi) is 6.77. The molecule has 1 aromatic rings. The Morgan fingerprint density at radius 2 is 2.13 bits per heavy atom. The second-order valence-electron chi connectivity index (χ2n) is 9.38. The Balaban J connectivity index is 1.36. The Morgan fingerprint density at radius 1 is 1.33 bits per heavy atom. The van der Waals surface area contributed by atoms with Crippen LogP contribution in [0.25, 0.3) is 0 Å². The van der Waals surface area contributed by atoms with Crippen LogP contribution in [0.1, 0.15) is 31.4 Å². The van der Waals surface area contributed by atoms with E-state index in [4.69, 9.17) is 9.47 Å². The summed E-state index contributed by atoms with van der Waals surface area (Å²) in [5.41, 5.74) is 1.94. The van der Waals surface area contributed by atoms with Crippen molar-refractivity contribution in [3.63, 3.8) is 0 Å². The second kappa shape index (κ2) is 9.34. The lowest BCUT2D eigenvalue weighted by atomic mass is 9.62. The first kappa shape index (κ1) is 21.7. The van der Waals surface area contributed by atoms with Gasteiger partial charge in [-0.1, -0.05) is 0 Å². The summed E-state index contributed by atoms with van der Waals surface area (Å²) in [6.45, 7) is 8.96. The van der Waals surface area contributed by atoms with E-state index >= 15 is 0 Å². The Morgan fingerprint density at radius 3 is 2.83 bits per heavy atom. The van der Waals surface area contributed by atoms with E-state index < -0.39 is 0 Å². The molecule has 0 radical (unpaired) electrons. The average Bonchev–Trinajstić information content (AvgIpc) is 3.06. The van der Waals surface area contributed by atoms with Crippen molar-refractivity contribution in [3.05, 3.63) is 11.9 Å². The lowest BCUT2D eigenvalue weighted by molar-refractivity contribution is -0.121. The van der Waals surface area contributed by atoms with Crippen molar-refractivity contribution in [1.82, 2.24) is 19.6 Å². The number of amides is 1. The molecule has 3 fully saturated rings. The van der Waals surface area contributed by atoms with Gasteiger partial charge in [-0.05, 0) is 45.1 Å². The highest BCUT2D eigenvalue weighted by Crippen LogP contribution is 2.47. The maximum absolute atomic E-state index is 12.7.